The van der Waals surface area contributed by atoms with Gasteiger partial charge in [-0.2, -0.15) is 0 Å². The molecule has 3 nitrogen and oxygen atoms in total. The first-order chi connectivity index (χ1) is 11.0. The molecule has 0 bridgehead atoms. The molecule has 0 unspecified atom stereocenters. The zero-order chi connectivity index (χ0) is 18.5. The Bertz CT molecular complexity index is 868. The number of nitro benzene ring substituents is 1. The highest BCUT2D eigenvalue weighted by Crippen LogP contribution is 2.28. The number of para-hydroxylation sites is 1. The van der Waals surface area contributed by atoms with Crippen molar-refractivity contribution >= 4 is 5.69 Å². The molecule has 0 aliphatic rings. The number of hydrogen-bond donors (Lipinski definition) is 0. The van der Waals surface area contributed by atoms with Crippen molar-refractivity contribution in [3.8, 4) is 11.1 Å². The molecule has 0 saturated heterocycles. The molecule has 0 aliphatic carbocycles. The van der Waals surface area contributed by atoms with E-state index in [4.69, 9.17) is 12.3 Å². The summed E-state index contributed by atoms with van der Waals surface area (Å²) in [7, 11) is 0. The van der Waals surface area contributed by atoms with Crippen molar-refractivity contribution < 1.29 is 17.3 Å². The first-order valence-electron chi connectivity index (χ1n) is 8.34. The van der Waals surface area contributed by atoms with Crippen LogP contribution in [0.5, 0.6) is 0 Å². The lowest BCUT2D eigenvalue weighted by Gasteiger charge is -2.01. The Kier molecular flexibility index (Phi) is 0.902. The number of hydrogen-bond acceptors (Lipinski definition) is 2. The molecule has 0 N–H and O–H groups in total. The van der Waals surface area contributed by atoms with Crippen LogP contribution in [-0.4, -0.2) is 4.92 Å². The second-order valence-electron chi connectivity index (χ2n) is 2.48. The largest absolute Gasteiger partial charge is 0.277 e. The quantitative estimate of drug-likeness (QED) is 0.561. The van der Waals surface area contributed by atoms with Gasteiger partial charge < -0.3 is 0 Å². The van der Waals surface area contributed by atoms with Crippen molar-refractivity contribution in [2.75, 3.05) is 0 Å². The third kappa shape index (κ3) is 1.86. The fourth-order valence-electron chi connectivity index (χ4n) is 0.999. The van der Waals surface area contributed by atoms with Crippen molar-refractivity contribution in [1.82, 2.24) is 0 Å². The highest BCUT2D eigenvalue weighted by atomic mass is 16.6. The standard InChI is InChI=1S/C12H9NO2/c14-13(15)12-9-5-4-8-11(12)10-6-2-1-3-7-10/h1-9H/i1D,2D,3D,4D,5D,6D,7D,8D,9D. The number of nitro groups is 1. The third-order valence-electron chi connectivity index (χ3n) is 1.60. The van der Waals surface area contributed by atoms with Crippen LogP contribution in [0.4, 0.5) is 5.69 Å². The predicted molar refractivity (Wildman–Crippen MR) is 58.5 cm³/mol. The Hall–Kier alpha value is -2.16. The number of nitrogens with zero attached hydrogens (tertiary/aromatic N) is 1. The van der Waals surface area contributed by atoms with E-state index in [9.17, 15) is 10.1 Å². The maximum Gasteiger partial charge on any atom is 0.277 e. The van der Waals surface area contributed by atoms with Gasteiger partial charge in [-0.3, -0.25) is 10.1 Å². The normalized spacial score (nSPS) is 18.3. The van der Waals surface area contributed by atoms with Crippen LogP contribution in [0.3, 0.4) is 0 Å². The van der Waals surface area contributed by atoms with E-state index in [0.717, 1.165) is 0 Å². The number of rotatable bonds is 2. The van der Waals surface area contributed by atoms with E-state index < -0.39 is 76.1 Å². The summed E-state index contributed by atoms with van der Waals surface area (Å²) in [5, 5.41) is 11.3. The van der Waals surface area contributed by atoms with Gasteiger partial charge in [-0.1, -0.05) is 42.3 Å². The van der Waals surface area contributed by atoms with Crippen molar-refractivity contribution in [2.45, 2.75) is 0 Å². The summed E-state index contributed by atoms with van der Waals surface area (Å²) in [4.78, 5) is 10.2. The van der Waals surface area contributed by atoms with Gasteiger partial charge in [-0.15, -0.1) is 0 Å². The molecule has 0 amide bonds. The van der Waals surface area contributed by atoms with E-state index in [1.54, 1.807) is 0 Å². The topological polar surface area (TPSA) is 43.1 Å². The smallest absolute Gasteiger partial charge is 0.258 e. The van der Waals surface area contributed by atoms with Gasteiger partial charge in [-0.25, -0.2) is 0 Å². The average Bonchev–Trinajstić information content (AvgIpc) is 2.53. The minimum Gasteiger partial charge on any atom is -0.258 e. The summed E-state index contributed by atoms with van der Waals surface area (Å²) in [6, 6.07) is -7.24. The van der Waals surface area contributed by atoms with E-state index in [1.165, 1.54) is 0 Å². The second-order valence-corrected chi connectivity index (χ2v) is 2.48. The van der Waals surface area contributed by atoms with Gasteiger partial charge in [0.05, 0.1) is 22.8 Å². The van der Waals surface area contributed by atoms with Gasteiger partial charge in [0.15, 0.2) is 0 Å². The molecule has 2 rings (SSSR count). The predicted octanol–water partition coefficient (Wildman–Crippen LogP) is 3.26. The van der Waals surface area contributed by atoms with Crippen LogP contribution in [0.15, 0.2) is 54.4 Å². The Morgan fingerprint density at radius 3 is 2.27 bits per heavy atom. The third-order valence-corrected chi connectivity index (χ3v) is 1.60. The van der Waals surface area contributed by atoms with Crippen molar-refractivity contribution in [3.05, 3.63) is 64.5 Å². The lowest BCUT2D eigenvalue weighted by atomic mass is 10.0. The van der Waals surface area contributed by atoms with Gasteiger partial charge in [0.2, 0.25) is 0 Å². The molecule has 0 saturated carbocycles. The van der Waals surface area contributed by atoms with Crippen LogP contribution in [-0.2, 0) is 0 Å². The molecule has 2 aromatic rings. The van der Waals surface area contributed by atoms with Gasteiger partial charge in [0.25, 0.3) is 5.69 Å². The molecule has 0 radical (unpaired) electrons. The van der Waals surface area contributed by atoms with Gasteiger partial charge >= 0.3 is 0 Å². The SMILES string of the molecule is [2H]c1c([2H])c([2H])c(-c2c([2H])c([2H])c([2H])c([2H])c2[N+](=O)[O-])c([2H])c1[2H]. The molecular formula is C12H9NO2. The van der Waals surface area contributed by atoms with E-state index in [2.05, 4.69) is 0 Å². The van der Waals surface area contributed by atoms with Crippen LogP contribution in [0.1, 0.15) is 12.3 Å². The summed E-state index contributed by atoms with van der Waals surface area (Å²) < 4.78 is 69.1. The molecule has 74 valence electrons. The zero-order valence-corrected chi connectivity index (χ0v) is 7.26. The Balaban J connectivity index is 3.13. The summed E-state index contributed by atoms with van der Waals surface area (Å²) in [6.07, 6.45) is 0. The minimum atomic E-state index is -1.06. The summed E-state index contributed by atoms with van der Waals surface area (Å²) in [5.41, 5.74) is -2.41. The van der Waals surface area contributed by atoms with Gasteiger partial charge in [0.1, 0.15) is 0 Å². The first kappa shape index (κ1) is 3.45. The summed E-state index contributed by atoms with van der Waals surface area (Å²) >= 11 is 0. The molecular weight excluding hydrogens is 190 g/mol. The molecule has 3 heteroatoms. The van der Waals surface area contributed by atoms with E-state index in [0.29, 0.717) is 0 Å². The van der Waals surface area contributed by atoms with Crippen molar-refractivity contribution in [1.29, 1.82) is 0 Å². The van der Waals surface area contributed by atoms with Crippen LogP contribution in [0, 0.1) is 10.1 Å². The molecule has 0 heterocycles. The maximum atomic E-state index is 11.3. The minimum absolute atomic E-state index is 0.639. The van der Waals surface area contributed by atoms with E-state index in [-0.39, 0.29) is 0 Å². The molecule has 0 fully saturated rings. The van der Waals surface area contributed by atoms with Crippen LogP contribution in [0.2, 0.25) is 0 Å². The van der Waals surface area contributed by atoms with Crippen LogP contribution < -0.4 is 0 Å². The lowest BCUT2D eigenvalue weighted by Crippen LogP contribution is -1.90. The summed E-state index contributed by atoms with van der Waals surface area (Å²) in [5.74, 6) is 0. The summed E-state index contributed by atoms with van der Waals surface area (Å²) in [6.45, 7) is 0. The monoisotopic (exact) mass is 208 g/mol. The average molecular weight is 208 g/mol. The highest BCUT2D eigenvalue weighted by molar-refractivity contribution is 5.73. The Morgan fingerprint density at radius 1 is 1.00 bits per heavy atom. The fraction of sp³-hybridized carbons (Fsp3) is 0. The van der Waals surface area contributed by atoms with Gasteiger partial charge in [0, 0.05) is 6.04 Å². The van der Waals surface area contributed by atoms with Gasteiger partial charge in [-0.05, 0) is 11.6 Å². The van der Waals surface area contributed by atoms with E-state index in [1.807, 2.05) is 0 Å². The molecule has 2 aromatic carbocycles. The van der Waals surface area contributed by atoms with E-state index >= 15 is 0 Å². The zero-order valence-electron chi connectivity index (χ0n) is 16.3. The van der Waals surface area contributed by atoms with Crippen molar-refractivity contribution in [2.24, 2.45) is 0 Å². The molecule has 0 aliphatic heterocycles. The molecule has 0 atom stereocenters. The van der Waals surface area contributed by atoms with Crippen LogP contribution in [0.25, 0.3) is 11.1 Å². The van der Waals surface area contributed by atoms with Crippen LogP contribution >= 0.6 is 0 Å². The molecule has 0 spiro atoms. The Morgan fingerprint density at radius 2 is 1.60 bits per heavy atom. The van der Waals surface area contributed by atoms with Crippen molar-refractivity contribution in [3.63, 3.8) is 0 Å². The molecule has 0 aromatic heterocycles. The lowest BCUT2D eigenvalue weighted by molar-refractivity contribution is -0.384. The molecule has 15 heavy (non-hydrogen) atoms. The number of benzene rings is 2. The fourth-order valence-corrected chi connectivity index (χ4v) is 0.999. The second kappa shape index (κ2) is 3.92. The Labute approximate surface area is 99.8 Å². The highest BCUT2D eigenvalue weighted by Gasteiger charge is 2.12. The maximum absolute atomic E-state index is 11.3. The first-order valence-corrected chi connectivity index (χ1v) is 3.84.